The summed E-state index contributed by atoms with van der Waals surface area (Å²) >= 11 is 1.52. The molecule has 1 aromatic heterocycles. The highest BCUT2D eigenvalue weighted by molar-refractivity contribution is 7.18. The predicted octanol–water partition coefficient (Wildman–Crippen LogP) is 5.13. The van der Waals surface area contributed by atoms with Crippen LogP contribution in [0.25, 0.3) is 10.4 Å². The Bertz CT molecular complexity index is 1260. The first-order valence-electron chi connectivity index (χ1n) is 10.7. The van der Waals surface area contributed by atoms with Crippen LogP contribution < -0.4 is 10.6 Å². The van der Waals surface area contributed by atoms with E-state index in [1.165, 1.54) is 25.6 Å². The lowest BCUT2D eigenvalue weighted by Gasteiger charge is -2.31. The van der Waals surface area contributed by atoms with Crippen LogP contribution in [0.5, 0.6) is 0 Å². The number of nitrogens with one attached hydrogen (secondary N) is 2. The molecule has 4 rings (SSSR count). The predicted molar refractivity (Wildman–Crippen MR) is 133 cm³/mol. The van der Waals surface area contributed by atoms with Crippen LogP contribution in [-0.2, 0) is 19.1 Å². The SMILES string of the molecule is COC(=O)C1=C(C)NC(C)=C(C(=O)OC)C1c1ccccc1Nc1ncc(-c2ccccc2)s1. The summed E-state index contributed by atoms with van der Waals surface area (Å²) in [4.78, 5) is 31.2. The van der Waals surface area contributed by atoms with Gasteiger partial charge in [0.15, 0.2) is 5.13 Å². The number of para-hydroxylation sites is 1. The van der Waals surface area contributed by atoms with Gasteiger partial charge in [0.1, 0.15) is 0 Å². The molecule has 2 heterocycles. The zero-order chi connectivity index (χ0) is 24.2. The van der Waals surface area contributed by atoms with E-state index >= 15 is 0 Å². The quantitative estimate of drug-likeness (QED) is 0.478. The number of aromatic nitrogens is 1. The number of carbonyl (C=O) groups is 2. The molecule has 2 N–H and O–H groups in total. The van der Waals surface area contributed by atoms with Crippen LogP contribution in [0.2, 0.25) is 0 Å². The number of carbonyl (C=O) groups excluding carboxylic acids is 2. The van der Waals surface area contributed by atoms with E-state index < -0.39 is 17.9 Å². The van der Waals surface area contributed by atoms with Gasteiger partial charge in [0, 0.05) is 23.3 Å². The van der Waals surface area contributed by atoms with E-state index in [1.54, 1.807) is 13.8 Å². The molecule has 1 aliphatic rings. The van der Waals surface area contributed by atoms with E-state index in [-0.39, 0.29) is 0 Å². The monoisotopic (exact) mass is 475 g/mol. The van der Waals surface area contributed by atoms with Crippen molar-refractivity contribution in [1.82, 2.24) is 10.3 Å². The Hall–Kier alpha value is -3.91. The molecule has 0 fully saturated rings. The first-order chi connectivity index (χ1) is 16.4. The van der Waals surface area contributed by atoms with Crippen molar-refractivity contribution in [2.75, 3.05) is 19.5 Å². The Morgan fingerprint density at radius 2 is 1.50 bits per heavy atom. The van der Waals surface area contributed by atoms with E-state index in [0.717, 1.165) is 21.7 Å². The molecule has 0 radical (unpaired) electrons. The highest BCUT2D eigenvalue weighted by atomic mass is 32.1. The van der Waals surface area contributed by atoms with Crippen LogP contribution in [0.4, 0.5) is 10.8 Å². The summed E-state index contributed by atoms with van der Waals surface area (Å²) in [5.74, 6) is -1.71. The molecule has 1 aliphatic heterocycles. The summed E-state index contributed by atoms with van der Waals surface area (Å²) in [5.41, 5.74) is 4.50. The number of rotatable bonds is 6. The number of anilines is 2. The average Bonchev–Trinajstić information content (AvgIpc) is 3.32. The summed E-state index contributed by atoms with van der Waals surface area (Å²) in [6, 6.07) is 17.6. The first-order valence-corrected chi connectivity index (χ1v) is 11.5. The minimum absolute atomic E-state index is 0.354. The maximum atomic E-state index is 12.8. The number of nitrogens with zero attached hydrogens (tertiary/aromatic N) is 1. The number of benzene rings is 2. The zero-order valence-corrected chi connectivity index (χ0v) is 20.2. The Morgan fingerprint density at radius 1 is 0.912 bits per heavy atom. The van der Waals surface area contributed by atoms with Crippen molar-refractivity contribution in [3.63, 3.8) is 0 Å². The standard InChI is InChI=1S/C26H25N3O4S/c1-15-21(24(30)32-3)23(22(16(2)28-15)25(31)33-4)18-12-8-9-13-19(18)29-26-27-14-20(34-26)17-10-6-5-7-11-17/h5-14,23,28H,1-4H3,(H,27,29). The second-order valence-electron chi connectivity index (χ2n) is 7.73. The van der Waals surface area contributed by atoms with Gasteiger partial charge in [-0.25, -0.2) is 14.6 Å². The van der Waals surface area contributed by atoms with Crippen LogP contribution in [-0.4, -0.2) is 31.1 Å². The van der Waals surface area contributed by atoms with E-state index in [9.17, 15) is 9.59 Å². The van der Waals surface area contributed by atoms with Gasteiger partial charge in [0.2, 0.25) is 0 Å². The van der Waals surface area contributed by atoms with Gasteiger partial charge in [-0.2, -0.15) is 0 Å². The number of ether oxygens (including phenoxy) is 2. The Morgan fingerprint density at radius 3 is 2.12 bits per heavy atom. The molecule has 0 bridgehead atoms. The second kappa shape index (κ2) is 9.93. The van der Waals surface area contributed by atoms with Crippen molar-refractivity contribution in [3.05, 3.63) is 88.9 Å². The fraction of sp³-hybridized carbons (Fsp3) is 0.192. The van der Waals surface area contributed by atoms with E-state index in [1.807, 2.05) is 60.8 Å². The number of methoxy groups -OCH3 is 2. The van der Waals surface area contributed by atoms with Crippen molar-refractivity contribution in [2.24, 2.45) is 0 Å². The smallest absolute Gasteiger partial charge is 0.336 e. The number of hydrogen-bond acceptors (Lipinski definition) is 8. The molecule has 0 saturated carbocycles. The van der Waals surface area contributed by atoms with Gasteiger partial charge in [-0.1, -0.05) is 59.9 Å². The first kappa shape index (κ1) is 23.3. The van der Waals surface area contributed by atoms with Crippen LogP contribution in [0, 0.1) is 0 Å². The number of hydrogen-bond donors (Lipinski definition) is 2. The highest BCUT2D eigenvalue weighted by Crippen LogP contribution is 2.43. The number of thiazole rings is 1. The maximum Gasteiger partial charge on any atom is 0.336 e. The summed E-state index contributed by atoms with van der Waals surface area (Å²) in [7, 11) is 2.65. The van der Waals surface area contributed by atoms with Gasteiger partial charge in [-0.3, -0.25) is 0 Å². The van der Waals surface area contributed by atoms with Crippen molar-refractivity contribution >= 4 is 34.1 Å². The van der Waals surface area contributed by atoms with Gasteiger partial charge in [0.25, 0.3) is 0 Å². The molecule has 7 nitrogen and oxygen atoms in total. The van der Waals surface area contributed by atoms with Gasteiger partial charge in [-0.05, 0) is 31.0 Å². The van der Waals surface area contributed by atoms with E-state index in [0.29, 0.717) is 27.7 Å². The third-order valence-corrected chi connectivity index (χ3v) is 6.61. The number of esters is 2. The Labute approximate surface area is 202 Å². The van der Waals surface area contributed by atoms with E-state index in [2.05, 4.69) is 15.6 Å². The van der Waals surface area contributed by atoms with Crippen molar-refractivity contribution in [1.29, 1.82) is 0 Å². The normalized spacial score (nSPS) is 14.0. The van der Waals surface area contributed by atoms with Crippen molar-refractivity contribution in [3.8, 4) is 10.4 Å². The molecule has 0 amide bonds. The van der Waals surface area contributed by atoms with Crippen LogP contribution >= 0.6 is 11.3 Å². The topological polar surface area (TPSA) is 89.5 Å². The van der Waals surface area contributed by atoms with Crippen molar-refractivity contribution < 1.29 is 19.1 Å². The molecule has 0 aliphatic carbocycles. The summed E-state index contributed by atoms with van der Waals surface area (Å²) < 4.78 is 10.2. The zero-order valence-electron chi connectivity index (χ0n) is 19.3. The molecular formula is C26H25N3O4S. The van der Waals surface area contributed by atoms with Crippen LogP contribution in [0.3, 0.4) is 0 Å². The van der Waals surface area contributed by atoms with Crippen LogP contribution in [0.1, 0.15) is 25.3 Å². The largest absolute Gasteiger partial charge is 0.466 e. The lowest BCUT2D eigenvalue weighted by Crippen LogP contribution is -2.32. The lowest BCUT2D eigenvalue weighted by atomic mass is 9.79. The fourth-order valence-electron chi connectivity index (χ4n) is 4.11. The molecule has 174 valence electrons. The average molecular weight is 476 g/mol. The number of dihydropyridines is 1. The molecule has 3 aromatic rings. The van der Waals surface area contributed by atoms with Crippen LogP contribution in [0.15, 0.2) is 83.3 Å². The molecule has 2 aromatic carbocycles. The van der Waals surface area contributed by atoms with Gasteiger partial charge in [0.05, 0.1) is 36.2 Å². The maximum absolute atomic E-state index is 12.8. The molecule has 8 heteroatoms. The Kier molecular flexibility index (Phi) is 6.79. The molecule has 0 spiro atoms. The molecule has 0 saturated heterocycles. The molecule has 34 heavy (non-hydrogen) atoms. The Balaban J connectivity index is 1.79. The summed E-state index contributed by atoms with van der Waals surface area (Å²) in [6.45, 7) is 3.58. The van der Waals surface area contributed by atoms with Gasteiger partial charge in [-0.15, -0.1) is 0 Å². The third kappa shape index (κ3) is 4.45. The third-order valence-electron chi connectivity index (χ3n) is 5.65. The minimum Gasteiger partial charge on any atom is -0.466 e. The second-order valence-corrected chi connectivity index (χ2v) is 8.76. The fourth-order valence-corrected chi connectivity index (χ4v) is 4.95. The highest BCUT2D eigenvalue weighted by Gasteiger charge is 2.38. The summed E-state index contributed by atoms with van der Waals surface area (Å²) in [5, 5.41) is 7.20. The molecule has 0 unspecified atom stereocenters. The molecular weight excluding hydrogens is 450 g/mol. The van der Waals surface area contributed by atoms with Gasteiger partial charge >= 0.3 is 11.9 Å². The number of allylic oxidation sites excluding steroid dienone is 2. The van der Waals surface area contributed by atoms with E-state index in [4.69, 9.17) is 9.47 Å². The summed E-state index contributed by atoms with van der Waals surface area (Å²) in [6.07, 6.45) is 1.82. The molecule has 0 atom stereocenters. The lowest BCUT2D eigenvalue weighted by molar-refractivity contribution is -0.137. The van der Waals surface area contributed by atoms with Crippen molar-refractivity contribution in [2.45, 2.75) is 19.8 Å². The minimum atomic E-state index is -0.682. The van der Waals surface area contributed by atoms with Gasteiger partial charge < -0.3 is 20.1 Å².